The Morgan fingerprint density at radius 3 is 2.45 bits per heavy atom. The zero-order valence-electron chi connectivity index (χ0n) is 15.9. The summed E-state index contributed by atoms with van der Waals surface area (Å²) in [4.78, 5) is 24.9. The number of rotatable bonds is 4. The van der Waals surface area contributed by atoms with E-state index in [1.807, 2.05) is 31.2 Å². The van der Waals surface area contributed by atoms with E-state index in [-0.39, 0.29) is 11.3 Å². The van der Waals surface area contributed by atoms with Crippen molar-refractivity contribution in [1.29, 1.82) is 0 Å². The number of hydrogen-bond acceptors (Lipinski definition) is 2. The lowest BCUT2D eigenvalue weighted by molar-refractivity contribution is -0.137. The van der Waals surface area contributed by atoms with Crippen molar-refractivity contribution < 1.29 is 22.8 Å². The van der Waals surface area contributed by atoms with E-state index in [1.54, 1.807) is 6.92 Å². The first-order valence-electron chi connectivity index (χ1n) is 9.04. The summed E-state index contributed by atoms with van der Waals surface area (Å²) in [5.74, 6) is -0.598. The van der Waals surface area contributed by atoms with Crippen LogP contribution in [0.1, 0.15) is 36.6 Å². The molecule has 152 valence electrons. The highest BCUT2D eigenvalue weighted by molar-refractivity contribution is 6.06. The van der Waals surface area contributed by atoms with Gasteiger partial charge in [0.2, 0.25) is 0 Å². The lowest BCUT2D eigenvalue weighted by atomic mass is 9.94. The molecule has 0 aromatic heterocycles. The topological polar surface area (TPSA) is 70.2 Å². The fraction of sp³-hybridized carbons (Fsp3) is 0.238. The molecule has 0 spiro atoms. The van der Waals surface area contributed by atoms with Crippen LogP contribution >= 0.6 is 0 Å². The predicted molar refractivity (Wildman–Crippen MR) is 103 cm³/mol. The van der Waals surface area contributed by atoms with Gasteiger partial charge in [0.15, 0.2) is 0 Å². The number of anilines is 1. The van der Waals surface area contributed by atoms with E-state index in [2.05, 4.69) is 16.0 Å². The molecule has 3 rings (SSSR count). The van der Waals surface area contributed by atoms with E-state index in [4.69, 9.17) is 0 Å². The molecule has 1 aliphatic heterocycles. The molecular formula is C21H20F3N3O2. The summed E-state index contributed by atoms with van der Waals surface area (Å²) >= 11 is 0. The normalized spacial score (nSPS) is 16.9. The van der Waals surface area contributed by atoms with Gasteiger partial charge in [0, 0.05) is 11.4 Å². The first kappa shape index (κ1) is 20.4. The van der Waals surface area contributed by atoms with Gasteiger partial charge in [-0.25, -0.2) is 4.79 Å². The Morgan fingerprint density at radius 2 is 1.83 bits per heavy atom. The predicted octanol–water partition coefficient (Wildman–Crippen LogP) is 4.53. The Balaban J connectivity index is 1.91. The number of carbonyl (C=O) groups is 2. The molecular weight excluding hydrogens is 383 g/mol. The number of aryl methyl sites for hydroxylation is 1. The number of urea groups is 1. The Hall–Kier alpha value is -3.29. The lowest BCUT2D eigenvalue weighted by Gasteiger charge is -2.29. The van der Waals surface area contributed by atoms with Crippen molar-refractivity contribution in [3.05, 3.63) is 76.5 Å². The van der Waals surface area contributed by atoms with Crippen LogP contribution in [0.2, 0.25) is 0 Å². The summed E-state index contributed by atoms with van der Waals surface area (Å²) in [5, 5.41) is 7.75. The smallest absolute Gasteiger partial charge is 0.327 e. The van der Waals surface area contributed by atoms with Crippen LogP contribution in [0.15, 0.2) is 59.8 Å². The number of halogens is 3. The van der Waals surface area contributed by atoms with Crippen molar-refractivity contribution in [3.63, 3.8) is 0 Å². The fourth-order valence-electron chi connectivity index (χ4n) is 3.16. The van der Waals surface area contributed by atoms with Crippen LogP contribution in [0.5, 0.6) is 0 Å². The maximum atomic E-state index is 12.9. The number of hydrogen-bond donors (Lipinski definition) is 3. The molecule has 0 saturated heterocycles. The fourth-order valence-corrected chi connectivity index (χ4v) is 3.16. The van der Waals surface area contributed by atoms with Crippen LogP contribution in [0.25, 0.3) is 0 Å². The highest BCUT2D eigenvalue weighted by Crippen LogP contribution is 2.32. The molecule has 2 aromatic carbocycles. The monoisotopic (exact) mass is 403 g/mol. The SMILES string of the molecule is CCc1ccc([C@H]2NC(=O)NC(C)=C2C(=O)Nc2cccc(C(F)(F)F)c2)cc1. The molecule has 1 atom stereocenters. The van der Waals surface area contributed by atoms with Crippen LogP contribution in [-0.4, -0.2) is 11.9 Å². The standard InChI is InChI=1S/C21H20F3N3O2/c1-3-13-7-9-14(10-8-13)18-17(12(2)25-20(29)27-18)19(28)26-16-6-4-5-15(11-16)21(22,23)24/h4-11,18H,3H2,1-2H3,(H,26,28)(H2,25,27,29)/t18-/m1/s1. The zero-order chi connectivity index (χ0) is 21.2. The van der Waals surface area contributed by atoms with Gasteiger partial charge < -0.3 is 16.0 Å². The Morgan fingerprint density at radius 1 is 1.14 bits per heavy atom. The number of benzene rings is 2. The highest BCUT2D eigenvalue weighted by Gasteiger charge is 2.33. The second-order valence-corrected chi connectivity index (χ2v) is 6.70. The molecule has 2 aromatic rings. The molecule has 1 aliphatic rings. The van der Waals surface area contributed by atoms with Gasteiger partial charge in [0.05, 0.1) is 17.2 Å². The van der Waals surface area contributed by atoms with Crippen molar-refractivity contribution in [3.8, 4) is 0 Å². The highest BCUT2D eigenvalue weighted by atomic mass is 19.4. The van der Waals surface area contributed by atoms with Crippen molar-refractivity contribution in [2.75, 3.05) is 5.32 Å². The number of allylic oxidation sites excluding steroid dienone is 1. The van der Waals surface area contributed by atoms with Gasteiger partial charge in [-0.3, -0.25) is 4.79 Å². The summed E-state index contributed by atoms with van der Waals surface area (Å²) in [6.45, 7) is 3.59. The zero-order valence-corrected chi connectivity index (χ0v) is 15.9. The minimum Gasteiger partial charge on any atom is -0.327 e. The second-order valence-electron chi connectivity index (χ2n) is 6.70. The second kappa shape index (κ2) is 7.98. The minimum atomic E-state index is -4.51. The van der Waals surface area contributed by atoms with Crippen molar-refractivity contribution >= 4 is 17.6 Å². The Labute approximate surface area is 166 Å². The first-order chi connectivity index (χ1) is 13.7. The average Bonchev–Trinajstić information content (AvgIpc) is 2.67. The van der Waals surface area contributed by atoms with E-state index in [1.165, 1.54) is 12.1 Å². The number of amides is 3. The van der Waals surface area contributed by atoms with Crippen molar-refractivity contribution in [2.24, 2.45) is 0 Å². The van der Waals surface area contributed by atoms with Gasteiger partial charge in [-0.15, -0.1) is 0 Å². The molecule has 0 aliphatic carbocycles. The van der Waals surface area contributed by atoms with Crippen LogP contribution in [0.3, 0.4) is 0 Å². The largest absolute Gasteiger partial charge is 0.416 e. The maximum Gasteiger partial charge on any atom is 0.416 e. The van der Waals surface area contributed by atoms with Gasteiger partial charge in [-0.05, 0) is 42.7 Å². The van der Waals surface area contributed by atoms with E-state index in [0.29, 0.717) is 11.3 Å². The third-order valence-corrected chi connectivity index (χ3v) is 4.68. The third kappa shape index (κ3) is 4.59. The molecule has 3 N–H and O–H groups in total. The van der Waals surface area contributed by atoms with Crippen molar-refractivity contribution in [1.82, 2.24) is 10.6 Å². The average molecular weight is 403 g/mol. The van der Waals surface area contributed by atoms with Gasteiger partial charge in [0.1, 0.15) is 0 Å². The Bertz CT molecular complexity index is 966. The summed E-state index contributed by atoms with van der Waals surface area (Å²) in [5.41, 5.74) is 1.52. The molecule has 1 heterocycles. The summed E-state index contributed by atoms with van der Waals surface area (Å²) < 4.78 is 38.8. The van der Waals surface area contributed by atoms with Gasteiger partial charge in [0.25, 0.3) is 5.91 Å². The van der Waals surface area contributed by atoms with E-state index >= 15 is 0 Å². The number of alkyl halides is 3. The molecule has 0 radical (unpaired) electrons. The molecule has 29 heavy (non-hydrogen) atoms. The summed E-state index contributed by atoms with van der Waals surface area (Å²) in [6.07, 6.45) is -3.67. The van der Waals surface area contributed by atoms with Crippen molar-refractivity contribution in [2.45, 2.75) is 32.5 Å². The quantitative estimate of drug-likeness (QED) is 0.702. The number of nitrogens with one attached hydrogen (secondary N) is 3. The third-order valence-electron chi connectivity index (χ3n) is 4.68. The van der Waals surface area contributed by atoms with Gasteiger partial charge in [-0.1, -0.05) is 37.3 Å². The van der Waals surface area contributed by atoms with Crippen LogP contribution in [0, 0.1) is 0 Å². The summed E-state index contributed by atoms with van der Waals surface area (Å²) in [7, 11) is 0. The molecule has 0 fully saturated rings. The molecule has 8 heteroatoms. The molecule has 3 amide bonds. The molecule has 0 saturated carbocycles. The molecule has 0 bridgehead atoms. The summed E-state index contributed by atoms with van der Waals surface area (Å²) in [6, 6.07) is 10.7. The van der Waals surface area contributed by atoms with Gasteiger partial charge in [-0.2, -0.15) is 13.2 Å². The van der Waals surface area contributed by atoms with Gasteiger partial charge >= 0.3 is 12.2 Å². The minimum absolute atomic E-state index is 0.0158. The van der Waals surface area contributed by atoms with Crippen LogP contribution in [0.4, 0.5) is 23.7 Å². The molecule has 0 unspecified atom stereocenters. The van der Waals surface area contributed by atoms with Crippen LogP contribution < -0.4 is 16.0 Å². The lowest BCUT2D eigenvalue weighted by Crippen LogP contribution is -2.45. The maximum absolute atomic E-state index is 12.9. The molecule has 5 nitrogen and oxygen atoms in total. The first-order valence-corrected chi connectivity index (χ1v) is 9.04. The van der Waals surface area contributed by atoms with E-state index < -0.39 is 29.7 Å². The van der Waals surface area contributed by atoms with E-state index in [0.717, 1.165) is 24.1 Å². The van der Waals surface area contributed by atoms with Crippen LogP contribution in [-0.2, 0) is 17.4 Å². The number of carbonyl (C=O) groups excluding carboxylic acids is 2. The van der Waals surface area contributed by atoms with E-state index in [9.17, 15) is 22.8 Å². The Kier molecular flexibility index (Phi) is 5.63.